The monoisotopic (exact) mass is 690 g/mol. The molecule has 0 spiro atoms. The standard InChI is InChI=1S/C33H41Cl2F5N4O2/c1-4-43(5-2)32(46)33(44-14-7-6-8-15-44)12-17-42(18-13-33)16-11-22(21-9-10-23(34)24(35)19-21)20-41(3)31(45)25-26(36)28(38)30(40)29(39)27(25)37/h9-10,19,22H,4-8,11-18,20H2,1-3H3. The third-order valence-corrected chi connectivity index (χ3v) is 10.3. The van der Waals surface area contributed by atoms with E-state index < -0.39 is 52.0 Å². The highest BCUT2D eigenvalue weighted by Gasteiger charge is 2.47. The number of hydrogen-bond donors (Lipinski definition) is 0. The summed E-state index contributed by atoms with van der Waals surface area (Å²) < 4.78 is 70.3. The number of carbonyl (C=O) groups excluding carboxylic acids is 2. The Balaban J connectivity index is 1.52. The number of likely N-dealkylation sites (tertiary alicyclic amines) is 2. The van der Waals surface area contributed by atoms with Crippen LogP contribution in [0.3, 0.4) is 0 Å². The molecule has 1 unspecified atom stereocenters. The van der Waals surface area contributed by atoms with Gasteiger partial charge in [-0.1, -0.05) is 35.7 Å². The molecule has 0 radical (unpaired) electrons. The van der Waals surface area contributed by atoms with Crippen LogP contribution in [0.5, 0.6) is 0 Å². The molecule has 0 saturated carbocycles. The Kier molecular flexibility index (Phi) is 12.3. The molecular formula is C33H41Cl2F5N4O2. The van der Waals surface area contributed by atoms with Gasteiger partial charge >= 0.3 is 0 Å². The van der Waals surface area contributed by atoms with Crippen LogP contribution in [0.25, 0.3) is 0 Å². The normalized spacial score (nSPS) is 18.0. The molecule has 2 amide bonds. The fourth-order valence-electron chi connectivity index (χ4n) is 6.80. The van der Waals surface area contributed by atoms with Gasteiger partial charge in [0.2, 0.25) is 11.7 Å². The second-order valence-corrected chi connectivity index (χ2v) is 13.0. The maximum absolute atomic E-state index is 14.5. The molecule has 0 N–H and O–H groups in total. The molecule has 4 rings (SSSR count). The van der Waals surface area contributed by atoms with Crippen LogP contribution in [0, 0.1) is 29.1 Å². The fourth-order valence-corrected chi connectivity index (χ4v) is 7.11. The number of piperidine rings is 2. The van der Waals surface area contributed by atoms with E-state index in [2.05, 4.69) is 9.80 Å². The maximum atomic E-state index is 14.5. The Morgan fingerprint density at radius 1 is 0.848 bits per heavy atom. The van der Waals surface area contributed by atoms with Crippen molar-refractivity contribution >= 4 is 35.0 Å². The van der Waals surface area contributed by atoms with Crippen molar-refractivity contribution in [3.63, 3.8) is 0 Å². The summed E-state index contributed by atoms with van der Waals surface area (Å²) in [4.78, 5) is 34.5. The van der Waals surface area contributed by atoms with Crippen molar-refractivity contribution < 1.29 is 31.5 Å². The van der Waals surface area contributed by atoms with Crippen LogP contribution in [-0.2, 0) is 4.79 Å². The Hall–Kier alpha value is -2.47. The minimum atomic E-state index is -2.33. The molecule has 0 aliphatic carbocycles. The third-order valence-electron chi connectivity index (χ3n) is 9.57. The van der Waals surface area contributed by atoms with Crippen molar-refractivity contribution in [3.05, 3.63) is 68.5 Å². The average Bonchev–Trinajstić information content (AvgIpc) is 3.07. The van der Waals surface area contributed by atoms with E-state index >= 15 is 0 Å². The second-order valence-electron chi connectivity index (χ2n) is 12.2. The van der Waals surface area contributed by atoms with Crippen molar-refractivity contribution in [3.8, 4) is 0 Å². The summed E-state index contributed by atoms with van der Waals surface area (Å²) in [6.45, 7) is 8.93. The van der Waals surface area contributed by atoms with Crippen LogP contribution in [0.4, 0.5) is 22.0 Å². The first-order valence-corrected chi connectivity index (χ1v) is 16.6. The molecular weight excluding hydrogens is 650 g/mol. The molecule has 2 aliphatic heterocycles. The van der Waals surface area contributed by atoms with Gasteiger partial charge in [0.1, 0.15) is 11.1 Å². The first-order chi connectivity index (χ1) is 21.9. The van der Waals surface area contributed by atoms with Gasteiger partial charge < -0.3 is 14.7 Å². The highest BCUT2D eigenvalue weighted by atomic mass is 35.5. The van der Waals surface area contributed by atoms with Gasteiger partial charge in [-0.2, -0.15) is 0 Å². The predicted molar refractivity (Wildman–Crippen MR) is 169 cm³/mol. The van der Waals surface area contributed by atoms with Crippen LogP contribution < -0.4 is 0 Å². The molecule has 2 aliphatic rings. The van der Waals surface area contributed by atoms with Crippen molar-refractivity contribution in [2.45, 2.75) is 63.8 Å². The number of rotatable bonds is 11. The van der Waals surface area contributed by atoms with Crippen molar-refractivity contribution in [1.82, 2.24) is 19.6 Å². The maximum Gasteiger partial charge on any atom is 0.259 e. The number of halogens is 7. The molecule has 2 heterocycles. The quantitative estimate of drug-likeness (QED) is 0.143. The SMILES string of the molecule is CCN(CC)C(=O)C1(N2CCCCC2)CCN(CCC(CN(C)C(=O)c2c(F)c(F)c(F)c(F)c2F)c2ccc(Cl)c(Cl)c2)CC1. The van der Waals surface area contributed by atoms with Gasteiger partial charge in [-0.3, -0.25) is 14.5 Å². The Bertz CT molecular complexity index is 1380. The zero-order chi connectivity index (χ0) is 33.8. The summed E-state index contributed by atoms with van der Waals surface area (Å²) in [7, 11) is 1.25. The first-order valence-electron chi connectivity index (χ1n) is 15.8. The van der Waals surface area contributed by atoms with Gasteiger partial charge in [0.25, 0.3) is 5.91 Å². The number of hydrogen-bond acceptors (Lipinski definition) is 4. The number of carbonyl (C=O) groups is 2. The Morgan fingerprint density at radius 3 is 1.96 bits per heavy atom. The lowest BCUT2D eigenvalue weighted by molar-refractivity contribution is -0.149. The fraction of sp³-hybridized carbons (Fsp3) is 0.576. The summed E-state index contributed by atoms with van der Waals surface area (Å²) >= 11 is 12.4. The lowest BCUT2D eigenvalue weighted by atomic mass is 9.82. The number of nitrogens with zero attached hydrogens (tertiary/aromatic N) is 4. The topological polar surface area (TPSA) is 47.1 Å². The van der Waals surface area contributed by atoms with E-state index in [-0.39, 0.29) is 17.5 Å². The van der Waals surface area contributed by atoms with Crippen molar-refractivity contribution in [2.24, 2.45) is 0 Å². The summed E-state index contributed by atoms with van der Waals surface area (Å²) in [5.74, 6) is -12.6. The van der Waals surface area contributed by atoms with Gasteiger partial charge in [-0.25, -0.2) is 22.0 Å². The molecule has 0 bridgehead atoms. The van der Waals surface area contributed by atoms with Crippen LogP contribution in [0.2, 0.25) is 10.0 Å². The lowest BCUT2D eigenvalue weighted by Gasteiger charge is -2.50. The lowest BCUT2D eigenvalue weighted by Crippen LogP contribution is -2.64. The summed E-state index contributed by atoms with van der Waals surface area (Å²) in [6.07, 6.45) is 5.14. The molecule has 2 saturated heterocycles. The largest absolute Gasteiger partial charge is 0.342 e. The second kappa shape index (κ2) is 15.6. The summed E-state index contributed by atoms with van der Waals surface area (Å²) in [5, 5.41) is 0.593. The van der Waals surface area contributed by atoms with Crippen LogP contribution >= 0.6 is 23.2 Å². The van der Waals surface area contributed by atoms with E-state index in [0.717, 1.165) is 37.3 Å². The summed E-state index contributed by atoms with van der Waals surface area (Å²) in [5.41, 5.74) is -1.36. The number of benzene rings is 2. The van der Waals surface area contributed by atoms with Crippen molar-refractivity contribution in [1.29, 1.82) is 0 Å². The van der Waals surface area contributed by atoms with E-state index in [9.17, 15) is 31.5 Å². The highest BCUT2D eigenvalue weighted by Crippen LogP contribution is 2.35. The Morgan fingerprint density at radius 2 is 1.41 bits per heavy atom. The molecule has 0 aromatic heterocycles. The Labute approximate surface area is 277 Å². The van der Waals surface area contributed by atoms with E-state index in [4.69, 9.17) is 23.2 Å². The van der Waals surface area contributed by atoms with Crippen LogP contribution in [-0.4, -0.2) is 96.4 Å². The van der Waals surface area contributed by atoms with E-state index in [1.807, 2.05) is 18.7 Å². The minimum Gasteiger partial charge on any atom is -0.342 e. The molecule has 13 heteroatoms. The highest BCUT2D eigenvalue weighted by molar-refractivity contribution is 6.42. The molecule has 254 valence electrons. The molecule has 46 heavy (non-hydrogen) atoms. The van der Waals surface area contributed by atoms with Crippen LogP contribution in [0.1, 0.15) is 74.2 Å². The minimum absolute atomic E-state index is 0.0950. The first kappa shape index (κ1) is 36.4. The zero-order valence-electron chi connectivity index (χ0n) is 26.5. The molecule has 1 atom stereocenters. The van der Waals surface area contributed by atoms with Gasteiger partial charge in [0, 0.05) is 45.7 Å². The van der Waals surface area contributed by atoms with Gasteiger partial charge in [0.05, 0.1) is 10.0 Å². The van der Waals surface area contributed by atoms with Gasteiger partial charge in [0.15, 0.2) is 23.3 Å². The third kappa shape index (κ3) is 7.48. The molecule has 2 aromatic carbocycles. The van der Waals surface area contributed by atoms with Crippen molar-refractivity contribution in [2.75, 3.05) is 59.4 Å². The van der Waals surface area contributed by atoms with E-state index in [1.54, 1.807) is 18.2 Å². The number of likely N-dealkylation sites (N-methyl/N-ethyl adjacent to an activating group) is 2. The van der Waals surface area contributed by atoms with Gasteiger partial charge in [-0.05, 0) is 83.3 Å². The van der Waals surface area contributed by atoms with Crippen LogP contribution in [0.15, 0.2) is 18.2 Å². The smallest absolute Gasteiger partial charge is 0.259 e. The van der Waals surface area contributed by atoms with Gasteiger partial charge in [-0.15, -0.1) is 0 Å². The molecule has 2 aromatic rings. The summed E-state index contributed by atoms with van der Waals surface area (Å²) in [6, 6.07) is 4.98. The predicted octanol–water partition coefficient (Wildman–Crippen LogP) is 7.12. The zero-order valence-corrected chi connectivity index (χ0v) is 28.0. The molecule has 6 nitrogen and oxygen atoms in total. The molecule has 2 fully saturated rings. The average molecular weight is 692 g/mol. The van der Waals surface area contributed by atoms with E-state index in [0.29, 0.717) is 62.6 Å². The number of amides is 2. The van der Waals surface area contributed by atoms with E-state index in [1.165, 1.54) is 7.05 Å².